The quantitative estimate of drug-likeness (QED) is 0.517. The third kappa shape index (κ3) is 7.95. The van der Waals surface area contributed by atoms with Crippen molar-refractivity contribution in [3.8, 4) is 0 Å². The second kappa shape index (κ2) is 11.2. The average molecular weight is 259 g/mol. The molecule has 0 amide bonds. The molecular formula is C14H34N2Si. The van der Waals surface area contributed by atoms with Gasteiger partial charge >= 0.3 is 0 Å². The second-order valence-electron chi connectivity index (χ2n) is 5.14. The van der Waals surface area contributed by atoms with Crippen molar-refractivity contribution in [2.75, 3.05) is 13.1 Å². The van der Waals surface area contributed by atoms with E-state index in [2.05, 4.69) is 37.7 Å². The summed E-state index contributed by atoms with van der Waals surface area (Å²) in [4.78, 5) is 7.83. The van der Waals surface area contributed by atoms with Crippen molar-refractivity contribution in [1.29, 1.82) is 0 Å². The van der Waals surface area contributed by atoms with Crippen LogP contribution in [0.3, 0.4) is 0 Å². The maximum absolute atomic E-state index is 3.92. The van der Waals surface area contributed by atoms with Crippen molar-refractivity contribution < 1.29 is 0 Å². The van der Waals surface area contributed by atoms with Gasteiger partial charge < -0.3 is 9.96 Å². The minimum absolute atomic E-state index is 1.19. The molecule has 0 fully saturated rings. The summed E-state index contributed by atoms with van der Waals surface area (Å²) in [5.74, 6) is 0. The first-order valence-electron chi connectivity index (χ1n) is 7.74. The summed E-state index contributed by atoms with van der Waals surface area (Å²) < 4.78 is 0. The lowest BCUT2D eigenvalue weighted by Crippen LogP contribution is -2.62. The van der Waals surface area contributed by atoms with E-state index in [1.54, 1.807) is 0 Å². The molecule has 0 aliphatic rings. The summed E-state index contributed by atoms with van der Waals surface area (Å²) in [6.07, 6.45) is 7.90. The number of hydrogen-bond acceptors (Lipinski definition) is 2. The predicted molar refractivity (Wildman–Crippen MR) is 81.8 cm³/mol. The fourth-order valence-corrected chi connectivity index (χ4v) is 6.68. The lowest BCUT2D eigenvalue weighted by Gasteiger charge is -2.33. The van der Waals surface area contributed by atoms with Crippen molar-refractivity contribution in [3.63, 3.8) is 0 Å². The average Bonchev–Trinajstić information content (AvgIpc) is 2.37. The van der Waals surface area contributed by atoms with Gasteiger partial charge in [-0.2, -0.15) is 0 Å². The Hall–Kier alpha value is 0.137. The molecule has 17 heavy (non-hydrogen) atoms. The van der Waals surface area contributed by atoms with E-state index in [1.165, 1.54) is 63.7 Å². The van der Waals surface area contributed by atoms with Crippen molar-refractivity contribution in [2.45, 2.75) is 78.3 Å². The lowest BCUT2D eigenvalue weighted by atomic mass is 10.4. The Labute approximate surface area is 110 Å². The molecule has 0 aliphatic heterocycles. The zero-order valence-electron chi connectivity index (χ0n) is 12.6. The molecule has 0 aromatic heterocycles. The topological polar surface area (TPSA) is 24.1 Å². The third-order valence-electron chi connectivity index (χ3n) is 3.34. The van der Waals surface area contributed by atoms with E-state index in [-0.39, 0.29) is 0 Å². The minimum Gasteiger partial charge on any atom is -0.325 e. The third-order valence-corrected chi connectivity index (χ3v) is 7.61. The second-order valence-corrected chi connectivity index (χ2v) is 9.01. The van der Waals surface area contributed by atoms with Crippen LogP contribution in [0.2, 0.25) is 12.1 Å². The van der Waals surface area contributed by atoms with E-state index in [0.29, 0.717) is 0 Å². The van der Waals surface area contributed by atoms with Crippen LogP contribution in [0, 0.1) is 0 Å². The summed E-state index contributed by atoms with van der Waals surface area (Å²) >= 11 is 0. The van der Waals surface area contributed by atoms with Crippen molar-refractivity contribution in [1.82, 2.24) is 9.96 Å². The molecule has 104 valence electrons. The van der Waals surface area contributed by atoms with Crippen molar-refractivity contribution >= 4 is 8.40 Å². The van der Waals surface area contributed by atoms with Crippen LogP contribution in [-0.2, 0) is 0 Å². The molecular weight excluding hydrogens is 224 g/mol. The zero-order valence-corrected chi connectivity index (χ0v) is 13.6. The first kappa shape index (κ1) is 17.1. The van der Waals surface area contributed by atoms with E-state index < -0.39 is 8.40 Å². The number of rotatable bonds is 12. The van der Waals surface area contributed by atoms with Gasteiger partial charge in [0.15, 0.2) is 0 Å². The van der Waals surface area contributed by atoms with Gasteiger partial charge in [0.25, 0.3) is 0 Å². The maximum Gasteiger partial charge on any atom is 0.201 e. The Morgan fingerprint density at radius 1 is 0.647 bits per heavy atom. The smallest absolute Gasteiger partial charge is 0.201 e. The molecule has 0 rings (SSSR count). The number of nitrogens with one attached hydrogen (secondary N) is 2. The standard InChI is InChI=1S/C14H34N2Si/c1-5-9-13-17(14-10-6-2,15-11-7-3)16-12-8-4/h15-16H,5-14H2,1-4H3. The van der Waals surface area contributed by atoms with E-state index in [0.717, 1.165) is 0 Å². The SMILES string of the molecule is CCCC[Si](CCCC)(NCCC)NCCC. The fourth-order valence-electron chi connectivity index (χ4n) is 2.23. The summed E-state index contributed by atoms with van der Waals surface area (Å²) in [5, 5.41) is 0. The fraction of sp³-hybridized carbons (Fsp3) is 1.00. The van der Waals surface area contributed by atoms with Gasteiger partial charge in [-0.15, -0.1) is 0 Å². The van der Waals surface area contributed by atoms with Gasteiger partial charge in [-0.1, -0.05) is 53.4 Å². The van der Waals surface area contributed by atoms with Crippen LogP contribution in [0.5, 0.6) is 0 Å². The number of unbranched alkanes of at least 4 members (excludes halogenated alkanes) is 2. The van der Waals surface area contributed by atoms with Gasteiger partial charge in [0.05, 0.1) is 0 Å². The molecule has 2 N–H and O–H groups in total. The molecule has 0 saturated carbocycles. The van der Waals surface area contributed by atoms with Crippen LogP contribution in [0.1, 0.15) is 66.2 Å². The van der Waals surface area contributed by atoms with Crippen molar-refractivity contribution in [3.05, 3.63) is 0 Å². The van der Waals surface area contributed by atoms with Crippen LogP contribution < -0.4 is 9.96 Å². The summed E-state index contributed by atoms with van der Waals surface area (Å²) in [7, 11) is -1.38. The maximum atomic E-state index is 3.92. The van der Waals surface area contributed by atoms with Crippen LogP contribution in [0.4, 0.5) is 0 Å². The van der Waals surface area contributed by atoms with Gasteiger partial charge in [0.2, 0.25) is 8.40 Å². The van der Waals surface area contributed by atoms with Crippen LogP contribution in [-0.4, -0.2) is 21.5 Å². The molecule has 0 aromatic rings. The van der Waals surface area contributed by atoms with E-state index >= 15 is 0 Å². The lowest BCUT2D eigenvalue weighted by molar-refractivity contribution is 0.706. The number of hydrogen-bond donors (Lipinski definition) is 2. The normalized spacial score (nSPS) is 12.0. The Kier molecular flexibility index (Phi) is 11.3. The monoisotopic (exact) mass is 258 g/mol. The summed E-state index contributed by atoms with van der Waals surface area (Å²) in [6, 6.07) is 2.81. The zero-order chi connectivity index (χ0) is 13.0. The molecule has 0 atom stereocenters. The van der Waals surface area contributed by atoms with E-state index in [4.69, 9.17) is 0 Å². The van der Waals surface area contributed by atoms with Crippen LogP contribution in [0.15, 0.2) is 0 Å². The summed E-state index contributed by atoms with van der Waals surface area (Å²) in [5.41, 5.74) is 0. The Bertz CT molecular complexity index is 125. The molecule has 0 aliphatic carbocycles. The van der Waals surface area contributed by atoms with Gasteiger partial charge in [0.1, 0.15) is 0 Å². The molecule has 0 spiro atoms. The Balaban J connectivity index is 4.39. The highest BCUT2D eigenvalue weighted by molar-refractivity contribution is 6.75. The molecule has 0 radical (unpaired) electrons. The predicted octanol–water partition coefficient (Wildman–Crippen LogP) is 4.03. The summed E-state index contributed by atoms with van der Waals surface area (Å²) in [6.45, 7) is 11.5. The molecule has 0 unspecified atom stereocenters. The first-order valence-corrected chi connectivity index (χ1v) is 10.2. The largest absolute Gasteiger partial charge is 0.325 e. The molecule has 3 heteroatoms. The molecule has 0 saturated heterocycles. The minimum atomic E-state index is -1.38. The van der Waals surface area contributed by atoms with E-state index in [1.807, 2.05) is 0 Å². The highest BCUT2D eigenvalue weighted by Gasteiger charge is 2.30. The Morgan fingerprint density at radius 2 is 1.06 bits per heavy atom. The molecule has 0 bridgehead atoms. The molecule has 0 heterocycles. The molecule has 0 aromatic carbocycles. The van der Waals surface area contributed by atoms with Crippen LogP contribution in [0.25, 0.3) is 0 Å². The molecule has 2 nitrogen and oxygen atoms in total. The Morgan fingerprint density at radius 3 is 1.35 bits per heavy atom. The van der Waals surface area contributed by atoms with Gasteiger partial charge in [0, 0.05) is 0 Å². The van der Waals surface area contributed by atoms with Gasteiger partial charge in [-0.25, -0.2) is 0 Å². The van der Waals surface area contributed by atoms with Gasteiger partial charge in [-0.05, 0) is 38.0 Å². The van der Waals surface area contributed by atoms with Gasteiger partial charge in [-0.3, -0.25) is 0 Å². The highest BCUT2D eigenvalue weighted by atomic mass is 28.3. The first-order chi connectivity index (χ1) is 8.24. The van der Waals surface area contributed by atoms with E-state index in [9.17, 15) is 0 Å². The van der Waals surface area contributed by atoms with Crippen molar-refractivity contribution in [2.24, 2.45) is 0 Å². The van der Waals surface area contributed by atoms with Crippen LogP contribution >= 0.6 is 0 Å². The highest BCUT2D eigenvalue weighted by Crippen LogP contribution is 2.17.